The van der Waals surface area contributed by atoms with E-state index in [1.807, 2.05) is 0 Å². The molecule has 9 heavy (non-hydrogen) atoms. The van der Waals surface area contributed by atoms with Gasteiger partial charge in [-0.1, -0.05) is 0 Å². The molecule has 0 aromatic rings. The van der Waals surface area contributed by atoms with Gasteiger partial charge in [0.2, 0.25) is 0 Å². The molecule has 56 valence electrons. The van der Waals surface area contributed by atoms with Crippen LogP contribution in [0.3, 0.4) is 0 Å². The molecule has 0 spiro atoms. The summed E-state index contributed by atoms with van der Waals surface area (Å²) in [7, 11) is 0. The first-order valence-corrected chi connectivity index (χ1v) is 2.92. The lowest BCUT2D eigenvalue weighted by Crippen LogP contribution is -2.18. The van der Waals surface area contributed by atoms with Gasteiger partial charge in [-0.05, 0) is 0 Å². The average molecular weight is 135 g/mol. The Balaban J connectivity index is 2.95. The lowest BCUT2D eigenvalue weighted by molar-refractivity contribution is -0.106. The third-order valence-corrected chi connectivity index (χ3v) is 0.804. The van der Waals surface area contributed by atoms with E-state index in [4.69, 9.17) is 20.7 Å². The number of nitrogens with two attached hydrogens (primary N) is 1. The number of rotatable bonds is 5. The van der Waals surface area contributed by atoms with E-state index in [1.165, 1.54) is 0 Å². The fourth-order valence-electron chi connectivity index (χ4n) is 0.398. The molecule has 4 nitrogen and oxygen atoms in total. The average Bonchev–Trinajstić information content (AvgIpc) is 1.85. The Bertz CT molecular complexity index is 60.2. The van der Waals surface area contributed by atoms with Gasteiger partial charge in [-0.3, -0.25) is 0 Å². The highest BCUT2D eigenvalue weighted by Crippen LogP contribution is 1.90. The number of aliphatic hydroxyl groups excluding tert-OH is 2. The van der Waals surface area contributed by atoms with Gasteiger partial charge in [-0.15, -0.1) is 0 Å². The number of hydrogen-bond donors (Lipinski definition) is 3. The normalized spacial score (nSPS) is 13.7. The van der Waals surface area contributed by atoms with E-state index in [0.29, 0.717) is 13.2 Å². The van der Waals surface area contributed by atoms with Gasteiger partial charge >= 0.3 is 0 Å². The van der Waals surface area contributed by atoms with E-state index in [-0.39, 0.29) is 13.0 Å². The predicted molar refractivity (Wildman–Crippen MR) is 32.7 cm³/mol. The molecule has 4 heteroatoms. The van der Waals surface area contributed by atoms with Crippen molar-refractivity contribution in [1.29, 1.82) is 0 Å². The second-order valence-corrected chi connectivity index (χ2v) is 1.63. The summed E-state index contributed by atoms with van der Waals surface area (Å²) in [5.74, 6) is 0. The van der Waals surface area contributed by atoms with Crippen LogP contribution in [0.25, 0.3) is 0 Å². The van der Waals surface area contributed by atoms with Gasteiger partial charge in [0.25, 0.3) is 0 Å². The molecule has 0 aliphatic carbocycles. The van der Waals surface area contributed by atoms with E-state index in [2.05, 4.69) is 0 Å². The van der Waals surface area contributed by atoms with Crippen LogP contribution in [0.4, 0.5) is 0 Å². The first kappa shape index (κ1) is 8.84. The number of aliphatic hydroxyl groups is 2. The maximum atomic E-state index is 8.74. The van der Waals surface area contributed by atoms with Crippen molar-refractivity contribution in [2.24, 2.45) is 5.73 Å². The largest absolute Gasteiger partial charge is 0.396 e. The second kappa shape index (κ2) is 5.97. The van der Waals surface area contributed by atoms with Crippen LogP contribution < -0.4 is 5.73 Å². The van der Waals surface area contributed by atoms with Gasteiger partial charge in [0.1, 0.15) is 0 Å². The fourth-order valence-corrected chi connectivity index (χ4v) is 0.398. The van der Waals surface area contributed by atoms with Crippen LogP contribution in [0.2, 0.25) is 0 Å². The first-order chi connectivity index (χ1) is 4.31. The van der Waals surface area contributed by atoms with E-state index in [0.717, 1.165) is 0 Å². The SMILES string of the molecule is NCCOC(O)CCO. The molecule has 0 saturated carbocycles. The van der Waals surface area contributed by atoms with Crippen LogP contribution in [0.15, 0.2) is 0 Å². The van der Waals surface area contributed by atoms with Crippen molar-refractivity contribution in [2.45, 2.75) is 12.7 Å². The number of hydrogen-bond acceptors (Lipinski definition) is 4. The molecule has 0 heterocycles. The van der Waals surface area contributed by atoms with Crippen molar-refractivity contribution in [3.8, 4) is 0 Å². The van der Waals surface area contributed by atoms with Gasteiger partial charge in [0.05, 0.1) is 6.61 Å². The molecule has 0 fully saturated rings. The topological polar surface area (TPSA) is 75.7 Å². The summed E-state index contributed by atoms with van der Waals surface area (Å²) >= 11 is 0. The van der Waals surface area contributed by atoms with Gasteiger partial charge < -0.3 is 20.7 Å². The van der Waals surface area contributed by atoms with Crippen LogP contribution in [-0.2, 0) is 4.74 Å². The molecular weight excluding hydrogens is 122 g/mol. The fraction of sp³-hybridized carbons (Fsp3) is 1.00. The summed E-state index contributed by atoms with van der Waals surface area (Å²) in [5, 5.41) is 17.0. The highest BCUT2D eigenvalue weighted by atomic mass is 16.6. The van der Waals surface area contributed by atoms with Crippen LogP contribution in [0, 0.1) is 0 Å². The Morgan fingerprint density at radius 3 is 2.67 bits per heavy atom. The highest BCUT2D eigenvalue weighted by Gasteiger charge is 1.99. The van der Waals surface area contributed by atoms with E-state index < -0.39 is 6.29 Å². The van der Waals surface area contributed by atoms with Crippen LogP contribution >= 0.6 is 0 Å². The third kappa shape index (κ3) is 5.72. The van der Waals surface area contributed by atoms with Gasteiger partial charge in [-0.25, -0.2) is 0 Å². The maximum absolute atomic E-state index is 8.74. The molecule has 0 radical (unpaired) electrons. The zero-order valence-electron chi connectivity index (χ0n) is 5.29. The van der Waals surface area contributed by atoms with Crippen molar-refractivity contribution >= 4 is 0 Å². The molecule has 4 N–H and O–H groups in total. The van der Waals surface area contributed by atoms with E-state index in [9.17, 15) is 0 Å². The minimum Gasteiger partial charge on any atom is -0.396 e. The smallest absolute Gasteiger partial charge is 0.156 e. The van der Waals surface area contributed by atoms with Crippen molar-refractivity contribution in [2.75, 3.05) is 19.8 Å². The van der Waals surface area contributed by atoms with E-state index in [1.54, 1.807) is 0 Å². The summed E-state index contributed by atoms with van der Waals surface area (Å²) in [6.07, 6.45) is -0.612. The lowest BCUT2D eigenvalue weighted by Gasteiger charge is -2.07. The Hall–Kier alpha value is -0.160. The molecule has 0 rings (SSSR count). The molecule has 0 bridgehead atoms. The summed E-state index contributed by atoms with van der Waals surface area (Å²) in [6.45, 7) is 0.662. The Kier molecular flexibility index (Phi) is 5.86. The highest BCUT2D eigenvalue weighted by molar-refractivity contribution is 4.39. The molecule has 0 aromatic heterocycles. The molecule has 0 saturated heterocycles. The molecule has 1 unspecified atom stereocenters. The number of ether oxygens (including phenoxy) is 1. The molecule has 0 aliphatic heterocycles. The van der Waals surface area contributed by atoms with Crippen molar-refractivity contribution < 1.29 is 14.9 Å². The van der Waals surface area contributed by atoms with Crippen molar-refractivity contribution in [3.05, 3.63) is 0 Å². The predicted octanol–water partition coefficient (Wildman–Crippen LogP) is -1.34. The maximum Gasteiger partial charge on any atom is 0.156 e. The molecule has 0 aromatic carbocycles. The first-order valence-electron chi connectivity index (χ1n) is 2.92. The molecule has 0 aliphatic rings. The van der Waals surface area contributed by atoms with Gasteiger partial charge in [0, 0.05) is 19.6 Å². The lowest BCUT2D eigenvalue weighted by atomic mass is 10.4. The second-order valence-electron chi connectivity index (χ2n) is 1.63. The summed E-state index contributed by atoms with van der Waals surface area (Å²) < 4.78 is 4.70. The monoisotopic (exact) mass is 135 g/mol. The molecule has 1 atom stereocenters. The summed E-state index contributed by atoms with van der Waals surface area (Å²) in [5.41, 5.74) is 5.07. The molecule has 0 amide bonds. The van der Waals surface area contributed by atoms with Crippen LogP contribution in [0.5, 0.6) is 0 Å². The van der Waals surface area contributed by atoms with Crippen LogP contribution in [-0.4, -0.2) is 36.3 Å². The van der Waals surface area contributed by atoms with Gasteiger partial charge in [-0.2, -0.15) is 0 Å². The quantitative estimate of drug-likeness (QED) is 0.408. The Labute approximate surface area is 54.2 Å². The summed E-state index contributed by atoms with van der Waals surface area (Å²) in [6, 6.07) is 0. The molecular formula is C5H13NO3. The Morgan fingerprint density at radius 1 is 1.56 bits per heavy atom. The minimum absolute atomic E-state index is 0.0638. The zero-order valence-corrected chi connectivity index (χ0v) is 5.29. The third-order valence-electron chi connectivity index (χ3n) is 0.804. The van der Waals surface area contributed by atoms with E-state index >= 15 is 0 Å². The van der Waals surface area contributed by atoms with Crippen molar-refractivity contribution in [3.63, 3.8) is 0 Å². The minimum atomic E-state index is -0.862. The Morgan fingerprint density at radius 2 is 2.22 bits per heavy atom. The van der Waals surface area contributed by atoms with Gasteiger partial charge in [0.15, 0.2) is 6.29 Å². The summed E-state index contributed by atoms with van der Waals surface area (Å²) in [4.78, 5) is 0. The van der Waals surface area contributed by atoms with Crippen LogP contribution in [0.1, 0.15) is 6.42 Å². The van der Waals surface area contributed by atoms with Crippen molar-refractivity contribution in [1.82, 2.24) is 0 Å². The zero-order chi connectivity index (χ0) is 7.11. The standard InChI is InChI=1S/C5H13NO3/c6-2-4-9-5(8)1-3-7/h5,7-8H,1-4,6H2.